The van der Waals surface area contributed by atoms with Gasteiger partial charge in [-0.15, -0.1) is 0 Å². The highest BCUT2D eigenvalue weighted by atomic mass is 19.1. The normalized spacial score (nSPS) is 11.5. The van der Waals surface area contributed by atoms with Gasteiger partial charge in [0.1, 0.15) is 11.6 Å². The van der Waals surface area contributed by atoms with Crippen molar-refractivity contribution in [3.05, 3.63) is 89.0 Å². The van der Waals surface area contributed by atoms with Crippen molar-refractivity contribution in [3.63, 3.8) is 0 Å². The van der Waals surface area contributed by atoms with Gasteiger partial charge in [0.2, 0.25) is 5.75 Å². The fourth-order valence-electron chi connectivity index (χ4n) is 4.20. The summed E-state index contributed by atoms with van der Waals surface area (Å²) in [6.07, 6.45) is 0.820. The molecule has 0 aliphatic heterocycles. The molecule has 5 nitrogen and oxygen atoms in total. The lowest BCUT2D eigenvalue weighted by Crippen LogP contribution is -2.31. The Bertz CT molecular complexity index is 1030. The van der Waals surface area contributed by atoms with E-state index in [-0.39, 0.29) is 23.3 Å². The molecular weight excluding hydrogens is 450 g/mol. The Labute approximate surface area is 206 Å². The van der Waals surface area contributed by atoms with Crippen molar-refractivity contribution >= 4 is 0 Å². The molecule has 0 aliphatic carbocycles. The molecule has 3 rings (SSSR count). The molecule has 0 amide bonds. The quantitative estimate of drug-likeness (QED) is 0.379. The number of likely N-dealkylation sites (N-methyl/N-ethyl adjacent to an activating group) is 2. The maximum Gasteiger partial charge on any atom is 0.203 e. The molecule has 3 aromatic rings. The Morgan fingerprint density at radius 1 is 0.771 bits per heavy atom. The largest absolute Gasteiger partial charge is 0.504 e. The van der Waals surface area contributed by atoms with E-state index < -0.39 is 0 Å². The van der Waals surface area contributed by atoms with E-state index in [2.05, 4.69) is 16.8 Å². The zero-order valence-electron chi connectivity index (χ0n) is 20.8. The van der Waals surface area contributed by atoms with Gasteiger partial charge >= 0.3 is 0 Å². The Morgan fingerprint density at radius 2 is 1.31 bits per heavy atom. The lowest BCUT2D eigenvalue weighted by molar-refractivity contribution is 0.247. The molecule has 35 heavy (non-hydrogen) atoms. The summed E-state index contributed by atoms with van der Waals surface area (Å²) in [6.45, 7) is 3.14. The van der Waals surface area contributed by atoms with E-state index in [4.69, 9.17) is 9.47 Å². The third-order valence-electron chi connectivity index (χ3n) is 6.18. The van der Waals surface area contributed by atoms with Crippen LogP contribution >= 0.6 is 0 Å². The van der Waals surface area contributed by atoms with Gasteiger partial charge in [-0.3, -0.25) is 0 Å². The van der Waals surface area contributed by atoms with Gasteiger partial charge in [-0.05, 0) is 80.1 Å². The lowest BCUT2D eigenvalue weighted by Gasteiger charge is -2.25. The number of hydrogen-bond donors (Lipinski definition) is 1. The van der Waals surface area contributed by atoms with Crippen molar-refractivity contribution < 1.29 is 23.4 Å². The minimum atomic E-state index is -0.269. The van der Waals surface area contributed by atoms with Gasteiger partial charge in [-0.25, -0.2) is 8.78 Å². The van der Waals surface area contributed by atoms with Gasteiger partial charge < -0.3 is 24.4 Å². The smallest absolute Gasteiger partial charge is 0.203 e. The lowest BCUT2D eigenvalue weighted by atomic mass is 9.88. The number of phenolic OH excluding ortho intramolecular Hbond substituents is 1. The topological polar surface area (TPSA) is 45.2 Å². The predicted molar refractivity (Wildman–Crippen MR) is 134 cm³/mol. The van der Waals surface area contributed by atoms with Gasteiger partial charge in [0.05, 0.1) is 14.2 Å². The van der Waals surface area contributed by atoms with E-state index in [0.717, 1.165) is 42.7 Å². The Kier molecular flexibility index (Phi) is 9.46. The molecule has 0 saturated carbocycles. The molecule has 0 spiro atoms. The summed E-state index contributed by atoms with van der Waals surface area (Å²) in [5.74, 6) is 0.395. The summed E-state index contributed by atoms with van der Waals surface area (Å²) < 4.78 is 37.4. The zero-order chi connectivity index (χ0) is 25.4. The summed E-state index contributed by atoms with van der Waals surface area (Å²) >= 11 is 0. The summed E-state index contributed by atoms with van der Waals surface area (Å²) in [6, 6.07) is 16.6. The summed E-state index contributed by atoms with van der Waals surface area (Å²) in [5.41, 5.74) is 2.95. The van der Waals surface area contributed by atoms with Crippen molar-refractivity contribution in [2.45, 2.75) is 18.9 Å². The average molecular weight is 485 g/mol. The van der Waals surface area contributed by atoms with Gasteiger partial charge in [0.25, 0.3) is 0 Å². The van der Waals surface area contributed by atoms with Crippen LogP contribution in [0.2, 0.25) is 0 Å². The maximum atomic E-state index is 13.5. The molecule has 0 saturated heterocycles. The Hall–Kier alpha value is -3.16. The summed E-state index contributed by atoms with van der Waals surface area (Å²) in [5, 5.41) is 10.2. The summed E-state index contributed by atoms with van der Waals surface area (Å²) in [7, 11) is 7.14. The van der Waals surface area contributed by atoms with Crippen molar-refractivity contribution in [1.82, 2.24) is 9.80 Å². The first kappa shape index (κ1) is 26.4. The van der Waals surface area contributed by atoms with Gasteiger partial charge in [-0.1, -0.05) is 24.3 Å². The number of halogens is 2. The second-order valence-electron chi connectivity index (χ2n) is 8.84. The molecule has 188 valence electrons. The number of benzene rings is 3. The van der Waals surface area contributed by atoms with Gasteiger partial charge in [0.15, 0.2) is 11.5 Å². The molecule has 0 fully saturated rings. The number of rotatable bonds is 12. The van der Waals surface area contributed by atoms with Crippen LogP contribution in [0.4, 0.5) is 8.78 Å². The van der Waals surface area contributed by atoms with E-state index in [1.54, 1.807) is 37.4 Å². The SMILES string of the molecule is COc1cc(CN(C)CCN(C)CCC(c2ccc(F)cc2)c2ccc(F)cc2)cc(O)c1OC. The van der Waals surface area contributed by atoms with E-state index in [9.17, 15) is 13.9 Å². The number of hydrogen-bond acceptors (Lipinski definition) is 5. The fourth-order valence-corrected chi connectivity index (χ4v) is 4.20. The van der Waals surface area contributed by atoms with E-state index in [1.807, 2.05) is 13.1 Å². The van der Waals surface area contributed by atoms with E-state index >= 15 is 0 Å². The highest BCUT2D eigenvalue weighted by molar-refractivity contribution is 5.53. The molecule has 0 unspecified atom stereocenters. The standard InChI is InChI=1S/C28H34F2N2O3/c1-31(15-16-32(2)19-20-17-26(33)28(35-4)27(18-20)34-3)14-13-25(21-5-9-23(29)10-6-21)22-7-11-24(30)12-8-22/h5-12,17-18,25,33H,13-16,19H2,1-4H3. The van der Waals surface area contributed by atoms with Crippen LogP contribution in [0.1, 0.15) is 29.0 Å². The van der Waals surface area contributed by atoms with Crippen LogP contribution in [0.3, 0.4) is 0 Å². The van der Waals surface area contributed by atoms with Crippen molar-refractivity contribution in [2.24, 2.45) is 0 Å². The number of methoxy groups -OCH3 is 2. The third-order valence-corrected chi connectivity index (χ3v) is 6.18. The Morgan fingerprint density at radius 3 is 1.83 bits per heavy atom. The fraction of sp³-hybridized carbons (Fsp3) is 0.357. The van der Waals surface area contributed by atoms with Crippen LogP contribution in [0.25, 0.3) is 0 Å². The van der Waals surface area contributed by atoms with Crippen LogP contribution in [-0.4, -0.2) is 62.9 Å². The van der Waals surface area contributed by atoms with Gasteiger partial charge in [-0.2, -0.15) is 0 Å². The molecule has 1 N–H and O–H groups in total. The minimum Gasteiger partial charge on any atom is -0.504 e. The molecule has 0 aliphatic rings. The third kappa shape index (κ3) is 7.41. The molecule has 0 atom stereocenters. The maximum absolute atomic E-state index is 13.5. The van der Waals surface area contributed by atoms with Crippen LogP contribution in [0.5, 0.6) is 17.2 Å². The van der Waals surface area contributed by atoms with Crippen molar-refractivity contribution in [1.29, 1.82) is 0 Å². The minimum absolute atomic E-state index is 0.0473. The van der Waals surface area contributed by atoms with Crippen LogP contribution < -0.4 is 9.47 Å². The highest BCUT2D eigenvalue weighted by Gasteiger charge is 2.17. The molecular formula is C28H34F2N2O3. The molecule has 0 radical (unpaired) electrons. The second kappa shape index (κ2) is 12.5. The molecule has 0 heterocycles. The van der Waals surface area contributed by atoms with Crippen molar-refractivity contribution in [2.75, 3.05) is 47.9 Å². The number of aromatic hydroxyl groups is 1. The molecule has 0 aromatic heterocycles. The first-order valence-electron chi connectivity index (χ1n) is 11.6. The van der Waals surface area contributed by atoms with Crippen LogP contribution in [0.15, 0.2) is 60.7 Å². The number of phenols is 1. The highest BCUT2D eigenvalue weighted by Crippen LogP contribution is 2.37. The molecule has 3 aromatic carbocycles. The first-order chi connectivity index (χ1) is 16.8. The zero-order valence-corrected chi connectivity index (χ0v) is 20.8. The van der Waals surface area contributed by atoms with Crippen LogP contribution in [0, 0.1) is 11.6 Å². The average Bonchev–Trinajstić information content (AvgIpc) is 2.84. The molecule has 7 heteroatoms. The summed E-state index contributed by atoms with van der Waals surface area (Å²) in [4.78, 5) is 4.43. The van der Waals surface area contributed by atoms with Gasteiger partial charge in [0, 0.05) is 25.6 Å². The predicted octanol–water partition coefficient (Wildman–Crippen LogP) is 5.27. The molecule has 0 bridgehead atoms. The van der Waals surface area contributed by atoms with Crippen LogP contribution in [-0.2, 0) is 6.54 Å². The van der Waals surface area contributed by atoms with E-state index in [1.165, 1.54) is 31.4 Å². The monoisotopic (exact) mass is 484 g/mol. The second-order valence-corrected chi connectivity index (χ2v) is 8.84. The van der Waals surface area contributed by atoms with E-state index in [0.29, 0.717) is 18.0 Å². The first-order valence-corrected chi connectivity index (χ1v) is 11.6. The number of ether oxygens (including phenoxy) is 2. The van der Waals surface area contributed by atoms with Crippen molar-refractivity contribution in [3.8, 4) is 17.2 Å². The number of nitrogens with zero attached hydrogens (tertiary/aromatic N) is 2. The Balaban J connectivity index is 1.57.